The second-order valence-corrected chi connectivity index (χ2v) is 6.16. The van der Waals surface area contributed by atoms with Crippen LogP contribution in [0.15, 0.2) is 34.8 Å². The van der Waals surface area contributed by atoms with Gasteiger partial charge in [-0.3, -0.25) is 0 Å². The molecule has 2 aromatic carbocycles. The van der Waals surface area contributed by atoms with Crippen molar-refractivity contribution >= 4 is 39.1 Å². The van der Waals surface area contributed by atoms with Gasteiger partial charge in [-0.2, -0.15) is 0 Å². The van der Waals surface area contributed by atoms with Crippen molar-refractivity contribution in [3.05, 3.63) is 62.3 Å². The van der Waals surface area contributed by atoms with Gasteiger partial charge in [0.1, 0.15) is 11.6 Å². The molecule has 1 atom stereocenters. The van der Waals surface area contributed by atoms with Crippen LogP contribution in [0, 0.1) is 12.7 Å². The average molecular weight is 378 g/mol. The van der Waals surface area contributed by atoms with Gasteiger partial charge in [0.25, 0.3) is 0 Å². The van der Waals surface area contributed by atoms with E-state index in [2.05, 4.69) is 15.9 Å². The molecule has 0 N–H and O–H groups in total. The van der Waals surface area contributed by atoms with Crippen molar-refractivity contribution in [3.63, 3.8) is 0 Å². The number of rotatable bonds is 3. The van der Waals surface area contributed by atoms with Crippen molar-refractivity contribution < 1.29 is 9.13 Å². The molecule has 0 spiro atoms. The zero-order valence-corrected chi connectivity index (χ0v) is 14.0. The quantitative estimate of drug-likeness (QED) is 0.606. The van der Waals surface area contributed by atoms with Crippen molar-refractivity contribution in [1.29, 1.82) is 0 Å². The lowest BCUT2D eigenvalue weighted by Gasteiger charge is -2.17. The molecule has 0 heterocycles. The van der Waals surface area contributed by atoms with E-state index in [9.17, 15) is 4.39 Å². The van der Waals surface area contributed by atoms with E-state index in [0.717, 1.165) is 5.56 Å². The van der Waals surface area contributed by atoms with Gasteiger partial charge in [-0.15, -0.1) is 11.6 Å². The lowest BCUT2D eigenvalue weighted by atomic mass is 10.0. The van der Waals surface area contributed by atoms with Gasteiger partial charge in [0, 0.05) is 10.6 Å². The molecule has 0 aromatic heterocycles. The summed E-state index contributed by atoms with van der Waals surface area (Å²) >= 11 is 15.9. The van der Waals surface area contributed by atoms with Gasteiger partial charge in [-0.25, -0.2) is 4.39 Å². The van der Waals surface area contributed by atoms with Crippen LogP contribution in [0.5, 0.6) is 5.75 Å². The smallest absolute Gasteiger partial charge is 0.138 e. The molecule has 0 radical (unpaired) electrons. The van der Waals surface area contributed by atoms with E-state index >= 15 is 0 Å². The summed E-state index contributed by atoms with van der Waals surface area (Å²) in [6, 6.07) is 8.17. The highest BCUT2D eigenvalue weighted by Gasteiger charge is 2.19. The highest BCUT2D eigenvalue weighted by molar-refractivity contribution is 9.10. The SMILES string of the molecule is COc1c(Br)cc(Cl)cc1C(Cl)c1cc(C)cc(F)c1. The third-order valence-corrected chi connectivity index (χ3v) is 4.17. The molecule has 0 aliphatic carbocycles. The van der Waals surface area contributed by atoms with Crippen LogP contribution in [0.4, 0.5) is 4.39 Å². The summed E-state index contributed by atoms with van der Waals surface area (Å²) in [7, 11) is 1.55. The predicted octanol–water partition coefficient (Wildman–Crippen LogP) is 5.89. The van der Waals surface area contributed by atoms with Crippen LogP contribution in [0.1, 0.15) is 22.1 Å². The van der Waals surface area contributed by atoms with Crippen molar-refractivity contribution in [2.45, 2.75) is 12.3 Å². The molecule has 1 unspecified atom stereocenters. The maximum Gasteiger partial charge on any atom is 0.138 e. The van der Waals surface area contributed by atoms with Crippen LogP contribution in [0.3, 0.4) is 0 Å². The number of aryl methyl sites for hydroxylation is 1. The highest BCUT2D eigenvalue weighted by atomic mass is 79.9. The number of alkyl halides is 1. The second-order valence-electron chi connectivity index (χ2n) is 4.43. The van der Waals surface area contributed by atoms with E-state index in [-0.39, 0.29) is 5.82 Å². The van der Waals surface area contributed by atoms with Crippen molar-refractivity contribution in [2.75, 3.05) is 7.11 Å². The van der Waals surface area contributed by atoms with Gasteiger partial charge in [-0.05, 0) is 58.2 Å². The highest BCUT2D eigenvalue weighted by Crippen LogP contribution is 2.41. The first-order valence-electron chi connectivity index (χ1n) is 5.86. The number of hydrogen-bond acceptors (Lipinski definition) is 1. The van der Waals surface area contributed by atoms with Gasteiger partial charge in [0.05, 0.1) is 17.0 Å². The molecule has 0 saturated heterocycles. The third-order valence-electron chi connectivity index (χ3n) is 2.87. The number of benzene rings is 2. The maximum absolute atomic E-state index is 13.5. The van der Waals surface area contributed by atoms with Crippen LogP contribution in [0.2, 0.25) is 5.02 Å². The van der Waals surface area contributed by atoms with Gasteiger partial charge in [0.2, 0.25) is 0 Å². The normalized spacial score (nSPS) is 12.3. The Morgan fingerprint density at radius 1 is 1.20 bits per heavy atom. The molecule has 0 amide bonds. The first-order chi connectivity index (χ1) is 9.42. The molecule has 1 nitrogen and oxygen atoms in total. The Hall–Kier alpha value is -0.770. The summed E-state index contributed by atoms with van der Waals surface area (Å²) in [5.74, 6) is 0.280. The summed E-state index contributed by atoms with van der Waals surface area (Å²) < 4.78 is 19.6. The third kappa shape index (κ3) is 3.27. The molecule has 0 fully saturated rings. The Kier molecular flexibility index (Phi) is 4.95. The van der Waals surface area contributed by atoms with Gasteiger partial charge in [0.15, 0.2) is 0 Å². The first kappa shape index (κ1) is 15.6. The molecule has 0 aliphatic rings. The van der Waals surface area contributed by atoms with E-state index in [1.165, 1.54) is 12.1 Å². The monoisotopic (exact) mass is 376 g/mol. The zero-order chi connectivity index (χ0) is 14.9. The van der Waals surface area contributed by atoms with Crippen LogP contribution in [0.25, 0.3) is 0 Å². The topological polar surface area (TPSA) is 9.23 Å². The number of hydrogen-bond donors (Lipinski definition) is 0. The molecule has 0 saturated carbocycles. The first-order valence-corrected chi connectivity index (χ1v) is 7.47. The van der Waals surface area contributed by atoms with Crippen molar-refractivity contribution in [2.24, 2.45) is 0 Å². The number of halogens is 4. The van der Waals surface area contributed by atoms with Gasteiger partial charge < -0.3 is 4.74 Å². The fourth-order valence-electron chi connectivity index (χ4n) is 2.07. The minimum Gasteiger partial charge on any atom is -0.495 e. The Morgan fingerprint density at radius 3 is 2.50 bits per heavy atom. The predicted molar refractivity (Wildman–Crippen MR) is 84.5 cm³/mol. The molecular weight excluding hydrogens is 366 g/mol. The summed E-state index contributed by atoms with van der Waals surface area (Å²) in [5.41, 5.74) is 2.17. The number of ether oxygens (including phenoxy) is 1. The second kappa shape index (κ2) is 6.33. The number of methoxy groups -OCH3 is 1. The van der Waals surface area contributed by atoms with E-state index in [1.807, 2.05) is 13.0 Å². The van der Waals surface area contributed by atoms with E-state index in [0.29, 0.717) is 26.4 Å². The Morgan fingerprint density at radius 2 is 1.90 bits per heavy atom. The van der Waals surface area contributed by atoms with Crippen LogP contribution < -0.4 is 4.74 Å². The minimum absolute atomic E-state index is 0.314. The molecule has 2 aromatic rings. The van der Waals surface area contributed by atoms with Crippen LogP contribution >= 0.6 is 39.1 Å². The summed E-state index contributed by atoms with van der Waals surface area (Å²) in [5, 5.41) is -0.0131. The lowest BCUT2D eigenvalue weighted by molar-refractivity contribution is 0.407. The average Bonchev–Trinajstić information content (AvgIpc) is 2.35. The summed E-state index contributed by atoms with van der Waals surface area (Å²) in [4.78, 5) is 0. The van der Waals surface area contributed by atoms with Crippen LogP contribution in [-0.4, -0.2) is 7.11 Å². The van der Waals surface area contributed by atoms with E-state index in [4.69, 9.17) is 27.9 Å². The van der Waals surface area contributed by atoms with Crippen molar-refractivity contribution in [1.82, 2.24) is 0 Å². The summed E-state index contributed by atoms with van der Waals surface area (Å²) in [6.07, 6.45) is 0. The molecule has 2 rings (SSSR count). The lowest BCUT2D eigenvalue weighted by Crippen LogP contribution is -1.99. The molecular formula is C15H12BrCl2FO. The minimum atomic E-state index is -0.547. The molecule has 106 valence electrons. The van der Waals surface area contributed by atoms with Gasteiger partial charge >= 0.3 is 0 Å². The Labute approximate surface area is 135 Å². The van der Waals surface area contributed by atoms with E-state index < -0.39 is 5.38 Å². The molecule has 0 bridgehead atoms. The largest absolute Gasteiger partial charge is 0.495 e. The maximum atomic E-state index is 13.5. The standard InChI is InChI=1S/C15H12BrCl2FO/c1-8-3-9(5-11(19)4-8)14(18)12-6-10(17)7-13(16)15(12)20-2/h3-7,14H,1-2H3. The van der Waals surface area contributed by atoms with Gasteiger partial charge in [-0.1, -0.05) is 17.7 Å². The van der Waals surface area contributed by atoms with Crippen molar-refractivity contribution in [3.8, 4) is 5.75 Å². The molecule has 20 heavy (non-hydrogen) atoms. The van der Waals surface area contributed by atoms with Crippen LogP contribution in [-0.2, 0) is 0 Å². The Balaban J connectivity index is 2.55. The zero-order valence-electron chi connectivity index (χ0n) is 10.9. The summed E-state index contributed by atoms with van der Waals surface area (Å²) in [6.45, 7) is 1.82. The molecule has 0 aliphatic heterocycles. The fourth-order valence-corrected chi connectivity index (χ4v) is 3.36. The Bertz CT molecular complexity index is 626. The fraction of sp³-hybridized carbons (Fsp3) is 0.200. The molecule has 5 heteroatoms. The van der Waals surface area contributed by atoms with E-state index in [1.54, 1.807) is 19.2 Å².